The summed E-state index contributed by atoms with van der Waals surface area (Å²) in [6.45, 7) is 8.87. The number of halogens is 1. The van der Waals surface area contributed by atoms with E-state index in [4.69, 9.17) is 4.74 Å². The Morgan fingerprint density at radius 3 is 2.22 bits per heavy atom. The van der Waals surface area contributed by atoms with Crippen molar-refractivity contribution in [2.24, 2.45) is 11.3 Å². The van der Waals surface area contributed by atoms with Crippen molar-refractivity contribution >= 4 is 21.7 Å². The van der Waals surface area contributed by atoms with E-state index in [-0.39, 0.29) is 11.2 Å². The molecule has 100 valence electrons. The van der Waals surface area contributed by atoms with Crippen LogP contribution < -0.4 is 4.74 Å². The van der Waals surface area contributed by atoms with Crippen molar-refractivity contribution in [1.82, 2.24) is 0 Å². The number of benzene rings is 1. The number of ketones is 1. The zero-order valence-corrected chi connectivity index (χ0v) is 13.1. The Balaban J connectivity index is 2.60. The Hall–Kier alpha value is -0.830. The minimum Gasteiger partial charge on any atom is -0.493 e. The van der Waals surface area contributed by atoms with E-state index in [0.717, 1.165) is 16.6 Å². The van der Waals surface area contributed by atoms with Gasteiger partial charge in [0.15, 0.2) is 5.78 Å². The number of hydrogen-bond donors (Lipinski definition) is 0. The maximum absolute atomic E-state index is 11.2. The Kier molecular flexibility index (Phi) is 5.39. The first-order valence-electron chi connectivity index (χ1n) is 6.14. The van der Waals surface area contributed by atoms with Gasteiger partial charge in [0.2, 0.25) is 0 Å². The van der Waals surface area contributed by atoms with E-state index in [1.807, 2.05) is 12.1 Å². The van der Waals surface area contributed by atoms with Crippen LogP contribution in [-0.2, 0) is 0 Å². The molecule has 2 nitrogen and oxygen atoms in total. The van der Waals surface area contributed by atoms with Gasteiger partial charge in [-0.3, -0.25) is 4.79 Å². The molecule has 1 atom stereocenters. The molecule has 1 aromatic carbocycles. The summed E-state index contributed by atoms with van der Waals surface area (Å²) in [6.07, 6.45) is 0. The highest BCUT2D eigenvalue weighted by Crippen LogP contribution is 2.28. The molecule has 0 bridgehead atoms. The third kappa shape index (κ3) is 4.45. The first-order chi connectivity index (χ1) is 8.34. The third-order valence-corrected chi connectivity index (χ3v) is 3.90. The summed E-state index contributed by atoms with van der Waals surface area (Å²) in [4.78, 5) is 11.2. The zero-order valence-electron chi connectivity index (χ0n) is 11.5. The number of hydrogen-bond acceptors (Lipinski definition) is 2. The first kappa shape index (κ1) is 15.2. The topological polar surface area (TPSA) is 26.3 Å². The first-order valence-corrected chi connectivity index (χ1v) is 7.26. The van der Waals surface area contributed by atoms with Crippen LogP contribution in [0.15, 0.2) is 24.3 Å². The predicted octanol–water partition coefficient (Wildman–Crippen LogP) is 4.33. The van der Waals surface area contributed by atoms with Crippen LogP contribution in [-0.4, -0.2) is 17.7 Å². The Morgan fingerprint density at radius 2 is 1.83 bits per heavy atom. The summed E-state index contributed by atoms with van der Waals surface area (Å²) in [5, 5.41) is 0.919. The molecule has 0 aliphatic heterocycles. The second-order valence-corrected chi connectivity index (χ2v) is 6.26. The van der Waals surface area contributed by atoms with Gasteiger partial charge in [-0.15, -0.1) is 0 Å². The molecule has 0 aliphatic carbocycles. The van der Waals surface area contributed by atoms with E-state index in [2.05, 4.69) is 36.7 Å². The Morgan fingerprint density at radius 1 is 1.28 bits per heavy atom. The summed E-state index contributed by atoms with van der Waals surface area (Å²) >= 11 is 3.53. The number of Topliss-reactive ketones (excluding diaryl/α,β-unsaturated/α-hetero) is 1. The summed E-state index contributed by atoms with van der Waals surface area (Å²) in [5.41, 5.74) is 0.929. The molecule has 0 aliphatic rings. The number of carbonyl (C=O) groups excluding carboxylic acids is 1. The second-order valence-electron chi connectivity index (χ2n) is 5.61. The lowest BCUT2D eigenvalue weighted by atomic mass is 9.83. The molecule has 1 aromatic rings. The lowest BCUT2D eigenvalue weighted by molar-refractivity contribution is 0.101. The molecule has 0 N–H and O–H groups in total. The minimum atomic E-state index is 0.0783. The fraction of sp³-hybridized carbons (Fsp3) is 0.533. The number of rotatable bonds is 5. The van der Waals surface area contributed by atoms with Gasteiger partial charge in [0.05, 0.1) is 6.61 Å². The highest BCUT2D eigenvalue weighted by Gasteiger charge is 2.24. The van der Waals surface area contributed by atoms with Crippen molar-refractivity contribution in [2.45, 2.75) is 27.7 Å². The van der Waals surface area contributed by atoms with Crippen LogP contribution in [0.25, 0.3) is 0 Å². The zero-order chi connectivity index (χ0) is 13.8. The summed E-state index contributed by atoms with van der Waals surface area (Å²) in [7, 11) is 0. The van der Waals surface area contributed by atoms with E-state index in [1.165, 1.54) is 0 Å². The van der Waals surface area contributed by atoms with Gasteiger partial charge in [0, 0.05) is 16.8 Å². The smallest absolute Gasteiger partial charge is 0.159 e. The lowest BCUT2D eigenvalue weighted by Gasteiger charge is -2.28. The van der Waals surface area contributed by atoms with E-state index >= 15 is 0 Å². The number of alkyl halides is 1. The SMILES string of the molecule is CC(=O)c1ccc(OCC(CBr)C(C)(C)C)cc1. The fourth-order valence-electron chi connectivity index (χ4n) is 1.51. The van der Waals surface area contributed by atoms with Crippen molar-refractivity contribution < 1.29 is 9.53 Å². The minimum absolute atomic E-state index is 0.0783. The predicted molar refractivity (Wildman–Crippen MR) is 78.7 cm³/mol. The Bertz CT molecular complexity index is 390. The summed E-state index contributed by atoms with van der Waals surface area (Å²) in [6, 6.07) is 7.31. The molecular formula is C15H21BrO2. The molecule has 18 heavy (non-hydrogen) atoms. The molecule has 0 saturated carbocycles. The van der Waals surface area contributed by atoms with Crippen molar-refractivity contribution in [3.63, 3.8) is 0 Å². The van der Waals surface area contributed by atoms with Crippen molar-refractivity contribution in [3.05, 3.63) is 29.8 Å². The molecule has 1 unspecified atom stereocenters. The van der Waals surface area contributed by atoms with Gasteiger partial charge in [0.25, 0.3) is 0 Å². The van der Waals surface area contributed by atoms with Crippen LogP contribution >= 0.6 is 15.9 Å². The molecule has 1 rings (SSSR count). The standard InChI is InChI=1S/C15H21BrO2/c1-11(17)12-5-7-14(8-6-12)18-10-13(9-16)15(2,3)4/h5-8,13H,9-10H2,1-4H3. The molecule has 0 saturated heterocycles. The van der Waals surface area contributed by atoms with Gasteiger partial charge in [0.1, 0.15) is 5.75 Å². The normalized spacial score (nSPS) is 13.2. The quantitative estimate of drug-likeness (QED) is 0.597. The van der Waals surface area contributed by atoms with Gasteiger partial charge >= 0.3 is 0 Å². The average molecular weight is 313 g/mol. The van der Waals surface area contributed by atoms with Crippen LogP contribution in [0.5, 0.6) is 5.75 Å². The van der Waals surface area contributed by atoms with E-state index < -0.39 is 0 Å². The van der Waals surface area contributed by atoms with E-state index in [9.17, 15) is 4.79 Å². The van der Waals surface area contributed by atoms with Gasteiger partial charge in [-0.1, -0.05) is 36.7 Å². The molecule has 0 aromatic heterocycles. The van der Waals surface area contributed by atoms with Gasteiger partial charge in [-0.2, -0.15) is 0 Å². The largest absolute Gasteiger partial charge is 0.493 e. The highest BCUT2D eigenvalue weighted by atomic mass is 79.9. The summed E-state index contributed by atoms with van der Waals surface area (Å²) in [5.74, 6) is 1.34. The van der Waals surface area contributed by atoms with Crippen molar-refractivity contribution in [1.29, 1.82) is 0 Å². The Labute approximate surface area is 118 Å². The molecule has 0 amide bonds. The van der Waals surface area contributed by atoms with Crippen LogP contribution in [0.2, 0.25) is 0 Å². The van der Waals surface area contributed by atoms with Gasteiger partial charge in [-0.25, -0.2) is 0 Å². The van der Waals surface area contributed by atoms with E-state index in [1.54, 1.807) is 19.1 Å². The van der Waals surface area contributed by atoms with Crippen LogP contribution in [0.4, 0.5) is 0 Å². The fourth-order valence-corrected chi connectivity index (χ4v) is 2.67. The second kappa shape index (κ2) is 6.37. The molecule has 0 fully saturated rings. The van der Waals surface area contributed by atoms with Crippen LogP contribution in [0.3, 0.4) is 0 Å². The van der Waals surface area contributed by atoms with Gasteiger partial charge < -0.3 is 4.74 Å². The molecule has 0 heterocycles. The van der Waals surface area contributed by atoms with Crippen LogP contribution in [0, 0.1) is 11.3 Å². The number of carbonyl (C=O) groups is 1. The average Bonchev–Trinajstić information content (AvgIpc) is 2.28. The lowest BCUT2D eigenvalue weighted by Crippen LogP contribution is -2.27. The third-order valence-electron chi connectivity index (χ3n) is 3.12. The highest BCUT2D eigenvalue weighted by molar-refractivity contribution is 9.09. The molecule has 0 spiro atoms. The molecule has 3 heteroatoms. The van der Waals surface area contributed by atoms with Crippen LogP contribution in [0.1, 0.15) is 38.1 Å². The number of ether oxygens (including phenoxy) is 1. The maximum atomic E-state index is 11.2. The van der Waals surface area contributed by atoms with Crippen molar-refractivity contribution in [3.8, 4) is 5.75 Å². The van der Waals surface area contributed by atoms with E-state index in [0.29, 0.717) is 12.5 Å². The van der Waals surface area contributed by atoms with Gasteiger partial charge in [-0.05, 0) is 36.6 Å². The monoisotopic (exact) mass is 312 g/mol. The summed E-state index contributed by atoms with van der Waals surface area (Å²) < 4.78 is 5.78. The maximum Gasteiger partial charge on any atom is 0.159 e. The molecule has 0 radical (unpaired) electrons. The molecular weight excluding hydrogens is 292 g/mol. The van der Waals surface area contributed by atoms with Crippen molar-refractivity contribution in [2.75, 3.05) is 11.9 Å².